The molecule has 2 rings (SSSR count). The molecule has 0 saturated heterocycles. The summed E-state index contributed by atoms with van der Waals surface area (Å²) in [5.74, 6) is 13.9. The molecule has 0 atom stereocenters. The fraction of sp³-hybridized carbons (Fsp3) is 0.673. The van der Waals surface area contributed by atoms with Crippen molar-refractivity contribution in [3.8, 4) is 23.7 Å². The second-order valence-corrected chi connectivity index (χ2v) is 16.5. The van der Waals surface area contributed by atoms with Crippen LogP contribution >= 0.6 is 0 Å². The van der Waals surface area contributed by atoms with Crippen LogP contribution < -0.4 is 0 Å². The van der Waals surface area contributed by atoms with Crippen LogP contribution in [0.1, 0.15) is 238 Å². The van der Waals surface area contributed by atoms with Gasteiger partial charge in [-0.1, -0.05) is 186 Å². The molecular weight excluding hydrogens is 689 g/mol. The normalized spacial score (nSPS) is 11.6. The van der Waals surface area contributed by atoms with Crippen molar-refractivity contribution in [3.05, 3.63) is 59.7 Å². The molecule has 0 unspecified atom stereocenters. The Morgan fingerprint density at radius 1 is 0.351 bits per heavy atom. The molecule has 2 nitrogen and oxygen atoms in total. The number of benzene rings is 2. The molecule has 2 heteroatoms. The van der Waals surface area contributed by atoms with Gasteiger partial charge in [0.25, 0.3) is 0 Å². The molecule has 0 aliphatic rings. The van der Waals surface area contributed by atoms with Gasteiger partial charge >= 0.3 is 0 Å². The van der Waals surface area contributed by atoms with E-state index in [1.807, 2.05) is 0 Å². The van der Waals surface area contributed by atoms with Gasteiger partial charge in [0.1, 0.15) is 0 Å². The SMILES string of the molecule is CCCCCCCCCCCC#CCCCc1ccccc1N=C(CCCC)C(CCCCC)=Nc1ccccc1CCCC#CCCCCCCCCCCC. The number of aliphatic imine (C=N–C) groups is 2. The van der Waals surface area contributed by atoms with Crippen molar-refractivity contribution in [2.24, 2.45) is 9.98 Å². The number of para-hydroxylation sites is 2. The molecule has 2 aromatic rings. The monoisotopic (exact) mass is 775 g/mol. The van der Waals surface area contributed by atoms with Crippen molar-refractivity contribution >= 4 is 22.8 Å². The van der Waals surface area contributed by atoms with E-state index in [2.05, 4.69) is 99.9 Å². The first-order chi connectivity index (χ1) is 28.2. The van der Waals surface area contributed by atoms with Gasteiger partial charge in [-0.05, 0) is 87.5 Å². The zero-order valence-corrected chi connectivity index (χ0v) is 37.8. The summed E-state index contributed by atoms with van der Waals surface area (Å²) in [6.45, 7) is 9.15. The van der Waals surface area contributed by atoms with E-state index in [9.17, 15) is 0 Å². The molecule has 0 aromatic heterocycles. The Kier molecular flexibility index (Phi) is 32.7. The van der Waals surface area contributed by atoms with Gasteiger partial charge < -0.3 is 0 Å². The Balaban J connectivity index is 2.01. The molecule has 2 aromatic carbocycles. The summed E-state index contributed by atoms with van der Waals surface area (Å²) in [6, 6.07) is 17.6. The molecule has 0 fully saturated rings. The van der Waals surface area contributed by atoms with Gasteiger partial charge in [0.15, 0.2) is 0 Å². The summed E-state index contributed by atoms with van der Waals surface area (Å²) in [4.78, 5) is 10.9. The molecule has 0 saturated carbocycles. The average Bonchev–Trinajstić information content (AvgIpc) is 3.23. The molecule has 0 aliphatic heterocycles. The van der Waals surface area contributed by atoms with Crippen LogP contribution in [0.25, 0.3) is 0 Å². The summed E-state index contributed by atoms with van der Waals surface area (Å²) in [7, 11) is 0. The van der Waals surface area contributed by atoms with Gasteiger partial charge in [0.05, 0.1) is 22.8 Å². The van der Waals surface area contributed by atoms with E-state index < -0.39 is 0 Å². The van der Waals surface area contributed by atoms with Crippen molar-refractivity contribution in [2.75, 3.05) is 0 Å². The lowest BCUT2D eigenvalue weighted by molar-refractivity contribution is 0.567. The van der Waals surface area contributed by atoms with Gasteiger partial charge in [-0.2, -0.15) is 0 Å². The third-order valence-corrected chi connectivity index (χ3v) is 11.2. The van der Waals surface area contributed by atoms with E-state index in [0.29, 0.717) is 0 Å². The van der Waals surface area contributed by atoms with Crippen molar-refractivity contribution in [1.82, 2.24) is 0 Å². The van der Waals surface area contributed by atoms with Crippen LogP contribution in [0.2, 0.25) is 0 Å². The predicted molar refractivity (Wildman–Crippen MR) is 256 cm³/mol. The van der Waals surface area contributed by atoms with Crippen molar-refractivity contribution in [1.29, 1.82) is 0 Å². The van der Waals surface area contributed by atoms with E-state index in [1.54, 1.807) is 0 Å². The third-order valence-electron chi connectivity index (χ3n) is 11.2. The smallest absolute Gasteiger partial charge is 0.0665 e. The molecule has 0 bridgehead atoms. The number of hydrogen-bond donors (Lipinski definition) is 0. The number of unbranched alkanes of at least 4 members (excludes halogenated alkanes) is 23. The summed E-state index contributed by atoms with van der Waals surface area (Å²) < 4.78 is 0. The van der Waals surface area contributed by atoms with Crippen molar-refractivity contribution in [3.63, 3.8) is 0 Å². The Hall–Kier alpha value is -3.10. The minimum atomic E-state index is 0.962. The number of rotatable bonds is 34. The van der Waals surface area contributed by atoms with E-state index in [1.165, 1.54) is 151 Å². The Morgan fingerprint density at radius 2 is 0.667 bits per heavy atom. The zero-order valence-electron chi connectivity index (χ0n) is 37.8. The predicted octanol–water partition coefficient (Wildman–Crippen LogP) is 17.8. The first kappa shape index (κ1) is 50.0. The highest BCUT2D eigenvalue weighted by atomic mass is 14.8. The molecular formula is C55H86N2. The molecule has 0 amide bonds. The second kappa shape index (κ2) is 37.2. The van der Waals surface area contributed by atoms with Crippen LogP contribution in [0.5, 0.6) is 0 Å². The number of hydrogen-bond acceptors (Lipinski definition) is 2. The van der Waals surface area contributed by atoms with Gasteiger partial charge in [-0.25, -0.2) is 0 Å². The average molecular weight is 775 g/mol. The molecule has 57 heavy (non-hydrogen) atoms. The number of aryl methyl sites for hydroxylation is 2. The fourth-order valence-corrected chi connectivity index (χ4v) is 7.51. The largest absolute Gasteiger partial charge is 0.251 e. The maximum Gasteiger partial charge on any atom is 0.0665 e. The molecule has 0 spiro atoms. The quantitative estimate of drug-likeness (QED) is 0.0384. The minimum absolute atomic E-state index is 0.962. The second-order valence-electron chi connectivity index (χ2n) is 16.5. The van der Waals surface area contributed by atoms with Crippen LogP contribution in [0.15, 0.2) is 58.5 Å². The Morgan fingerprint density at radius 3 is 1.07 bits per heavy atom. The van der Waals surface area contributed by atoms with Gasteiger partial charge in [-0.15, -0.1) is 23.7 Å². The van der Waals surface area contributed by atoms with Gasteiger partial charge in [-0.3, -0.25) is 9.98 Å². The summed E-state index contributed by atoms with van der Waals surface area (Å²) >= 11 is 0. The lowest BCUT2D eigenvalue weighted by atomic mass is 10.0. The molecule has 0 aliphatic carbocycles. The van der Waals surface area contributed by atoms with Crippen LogP contribution in [-0.4, -0.2) is 11.4 Å². The van der Waals surface area contributed by atoms with Crippen LogP contribution in [0.4, 0.5) is 11.4 Å². The third kappa shape index (κ3) is 26.5. The highest BCUT2D eigenvalue weighted by molar-refractivity contribution is 6.43. The van der Waals surface area contributed by atoms with Crippen molar-refractivity contribution < 1.29 is 0 Å². The maximum atomic E-state index is 5.47. The van der Waals surface area contributed by atoms with E-state index in [-0.39, 0.29) is 0 Å². The zero-order chi connectivity index (χ0) is 40.7. The van der Waals surface area contributed by atoms with E-state index in [4.69, 9.17) is 9.98 Å². The summed E-state index contributed by atoms with van der Waals surface area (Å²) in [6.07, 6.45) is 40.7. The highest BCUT2D eigenvalue weighted by Crippen LogP contribution is 2.26. The van der Waals surface area contributed by atoms with Gasteiger partial charge in [0, 0.05) is 25.7 Å². The Labute approximate surface area is 354 Å². The van der Waals surface area contributed by atoms with Crippen LogP contribution in [0.3, 0.4) is 0 Å². The topological polar surface area (TPSA) is 24.7 Å². The minimum Gasteiger partial charge on any atom is -0.251 e. The summed E-state index contributed by atoms with van der Waals surface area (Å²) in [5.41, 5.74) is 7.26. The molecule has 0 N–H and O–H groups in total. The van der Waals surface area contributed by atoms with Crippen LogP contribution in [0, 0.1) is 23.7 Å². The Bertz CT molecular complexity index is 1440. The lowest BCUT2D eigenvalue weighted by Crippen LogP contribution is -2.15. The maximum absolute atomic E-state index is 5.47. The lowest BCUT2D eigenvalue weighted by Gasteiger charge is -2.14. The van der Waals surface area contributed by atoms with E-state index >= 15 is 0 Å². The molecule has 316 valence electrons. The molecule has 0 radical (unpaired) electrons. The molecule has 0 heterocycles. The number of nitrogens with zero attached hydrogens (tertiary/aromatic N) is 2. The van der Waals surface area contributed by atoms with E-state index in [0.717, 1.165) is 94.8 Å². The fourth-order valence-electron chi connectivity index (χ4n) is 7.51. The standard InChI is InChI=1S/C55H86N2/c1-5-9-13-15-17-19-21-23-25-27-29-31-33-36-42-50-44-38-40-47-52(50)56-54(46-12-8-4)55(49-35-11-7-3)57-53-48-41-39-45-51(53)43-37-34-32-30-28-26-24-22-20-18-16-14-10-6-2/h38-41,44-45,47-48H,5-28,33-37,42-43,46,49H2,1-4H3. The van der Waals surface area contributed by atoms with Crippen LogP contribution in [-0.2, 0) is 12.8 Å². The van der Waals surface area contributed by atoms with Crippen molar-refractivity contribution in [2.45, 2.75) is 240 Å². The van der Waals surface area contributed by atoms with Gasteiger partial charge in [0.2, 0.25) is 0 Å². The first-order valence-corrected chi connectivity index (χ1v) is 24.5. The highest BCUT2D eigenvalue weighted by Gasteiger charge is 2.13. The first-order valence-electron chi connectivity index (χ1n) is 24.5. The summed E-state index contributed by atoms with van der Waals surface area (Å²) in [5, 5.41) is 0.